The van der Waals surface area contributed by atoms with Crippen LogP contribution in [0, 0.1) is 40.9 Å². The molecule has 4 heteroatoms. The number of rotatable bonds is 1. The summed E-state index contributed by atoms with van der Waals surface area (Å²) in [6.45, 7) is 8.38. The van der Waals surface area contributed by atoms with Gasteiger partial charge in [0.05, 0.1) is 0 Å². The first-order valence-electron chi connectivity index (χ1n) is 8.37. The summed E-state index contributed by atoms with van der Waals surface area (Å²) in [4.78, 5) is 12.5. The quantitative estimate of drug-likeness (QED) is 0.228. The smallest absolute Gasteiger partial charge is 0.279 e. The number of ether oxygens (including phenoxy) is 1. The van der Waals surface area contributed by atoms with E-state index < -0.39 is 0 Å². The molecule has 116 valence electrons. The molecule has 0 saturated heterocycles. The van der Waals surface area contributed by atoms with E-state index >= 15 is 0 Å². The van der Waals surface area contributed by atoms with Gasteiger partial charge in [-0.05, 0) is 33.1 Å². The van der Waals surface area contributed by atoms with Gasteiger partial charge in [-0.1, -0.05) is 49.4 Å². The molecular weight excluding hydrogens is 782 g/mol. The zero-order valence-corrected chi connectivity index (χ0v) is 27.5. The molecule has 4 saturated carbocycles. The van der Waals surface area contributed by atoms with Crippen LogP contribution in [-0.2, 0) is 9.53 Å². The molecular formula is C18H27O2Rf2-. The van der Waals surface area contributed by atoms with Crippen molar-refractivity contribution < 1.29 is 9.53 Å². The molecule has 4 aliphatic rings. The molecule has 6 unspecified atom stereocenters. The van der Waals surface area contributed by atoms with Gasteiger partial charge in [0, 0.05) is 0 Å². The molecule has 2 nitrogen and oxygen atoms in total. The molecule has 4 rings (SSSR count). The molecule has 4 bridgehead atoms. The van der Waals surface area contributed by atoms with E-state index in [1.165, 1.54) is 25.7 Å². The fourth-order valence-electron chi connectivity index (χ4n) is 6.30. The zero-order valence-electron chi connectivity index (χ0n) is 14.7. The number of carbonyl (C=O) groups excluding carboxylic acids is 1. The Morgan fingerprint density at radius 3 is 2.45 bits per heavy atom. The Morgan fingerprint density at radius 1 is 1.18 bits per heavy atom. The summed E-state index contributed by atoms with van der Waals surface area (Å²) in [7, 11) is 0. The summed E-state index contributed by atoms with van der Waals surface area (Å²) in [5, 5.41) is 0. The van der Waals surface area contributed by atoms with Crippen LogP contribution in [0.2, 0.25) is 0 Å². The number of hydrogen-bond acceptors (Lipinski definition) is 2. The summed E-state index contributed by atoms with van der Waals surface area (Å²) in [6, 6.07) is 0. The Kier molecular flexibility index (Phi) is 3.05. The van der Waals surface area contributed by atoms with E-state index in [1.54, 1.807) is 5.92 Å². The van der Waals surface area contributed by atoms with Crippen molar-refractivity contribution in [2.45, 2.75) is 65.4 Å². The summed E-state index contributed by atoms with van der Waals surface area (Å²) in [5.41, 5.74) is 0.0515. The van der Waals surface area contributed by atoms with Gasteiger partial charge in [0.1, 0.15) is 5.60 Å². The fraction of sp³-hybridized carbons (Fsp3) is 0.889. The van der Waals surface area contributed by atoms with Gasteiger partial charge in [-0.25, -0.2) is 0 Å². The molecule has 0 radical (unpaired) electrons. The summed E-state index contributed by atoms with van der Waals surface area (Å²) in [6.07, 6.45) is 6.56. The molecule has 22 heavy (non-hydrogen) atoms. The molecule has 0 aromatic carbocycles. The van der Waals surface area contributed by atoms with Crippen molar-refractivity contribution in [1.82, 2.24) is 0 Å². The molecule has 0 aromatic rings. The maximum atomic E-state index is 12.5. The Hall–Kier alpha value is -2.53. The molecule has 0 N–H and O–H groups in total. The van der Waals surface area contributed by atoms with Crippen LogP contribution in [0.4, 0.5) is 0 Å². The van der Waals surface area contributed by atoms with Crippen LogP contribution in [0.15, 0.2) is 0 Å². The van der Waals surface area contributed by atoms with Crippen molar-refractivity contribution in [2.75, 3.05) is 0 Å². The largest absolute Gasteiger partial charge is 0.462 e. The van der Waals surface area contributed by atoms with Crippen molar-refractivity contribution >= 4 is 5.97 Å². The van der Waals surface area contributed by atoms with Crippen LogP contribution in [-0.4, -0.2) is 11.6 Å². The number of carbonyl (C=O) groups is 1. The fourth-order valence-corrected chi connectivity index (χ4v) is 6.30. The SMILES string of the molecule is CC(C)(C)OC(=O)C1CC2(C)C[C-]1C1C3CCC(C3)C12.[Rf].[Rf]. The van der Waals surface area contributed by atoms with E-state index in [9.17, 15) is 4.79 Å². The maximum absolute atomic E-state index is 12.5. The predicted octanol–water partition coefficient (Wildman–Crippen LogP) is 3.99. The molecule has 0 heterocycles. The van der Waals surface area contributed by atoms with Crippen LogP contribution in [0.25, 0.3) is 0 Å². The van der Waals surface area contributed by atoms with Crippen molar-refractivity contribution in [3.05, 3.63) is 5.92 Å². The van der Waals surface area contributed by atoms with E-state index in [1.807, 2.05) is 20.8 Å². The van der Waals surface area contributed by atoms with Gasteiger partial charge in [-0.2, -0.15) is 12.3 Å². The number of hydrogen-bond donors (Lipinski definition) is 0. The standard InChI is InChI=1S/C18H27O2.2Rf/c1-17(2,3)20-16(19)13-9-18(4)8-12(13)14-10-5-6-11(7-10)15(14)18;;/h10-11,13-15H,5-9H2,1-4H3;;/q-1;;. The van der Waals surface area contributed by atoms with Crippen molar-refractivity contribution in [3.8, 4) is 0 Å². The predicted molar refractivity (Wildman–Crippen MR) is 77.7 cm³/mol. The first kappa shape index (κ1) is 15.9. The van der Waals surface area contributed by atoms with E-state index in [0.29, 0.717) is 5.41 Å². The summed E-state index contributed by atoms with van der Waals surface area (Å²) >= 11 is 0. The molecule has 0 aliphatic heterocycles. The van der Waals surface area contributed by atoms with E-state index in [4.69, 9.17) is 4.74 Å². The van der Waals surface area contributed by atoms with Gasteiger partial charge >= 0.3 is 0 Å². The second-order valence-corrected chi connectivity index (χ2v) is 9.08. The third-order valence-electron chi connectivity index (χ3n) is 6.57. The Morgan fingerprint density at radius 2 is 1.82 bits per heavy atom. The third kappa shape index (κ3) is 1.79. The molecule has 0 aromatic heterocycles. The summed E-state index contributed by atoms with van der Waals surface area (Å²) < 4.78 is 5.69. The second-order valence-electron chi connectivity index (χ2n) is 9.08. The van der Waals surface area contributed by atoms with E-state index in [0.717, 1.165) is 30.1 Å². The van der Waals surface area contributed by atoms with Crippen LogP contribution < -0.4 is 0 Å². The van der Waals surface area contributed by atoms with Crippen molar-refractivity contribution in [3.63, 3.8) is 0 Å². The number of fused-ring (bicyclic) bond motifs is 9. The Labute approximate surface area is 122 Å². The molecule has 4 fully saturated rings. The zero-order chi connectivity index (χ0) is 14.3. The number of esters is 1. The van der Waals surface area contributed by atoms with E-state index in [-0.39, 0.29) is 17.5 Å². The van der Waals surface area contributed by atoms with Crippen LogP contribution in [0.3, 0.4) is 0 Å². The minimum atomic E-state index is -0.353. The molecule has 4 aliphatic carbocycles. The molecule has 6 atom stereocenters. The van der Waals surface area contributed by atoms with Gasteiger partial charge in [0.2, 0.25) is 0 Å². The molecule has 0 spiro atoms. The normalized spacial score (nSPS) is 45.2. The van der Waals surface area contributed by atoms with Gasteiger partial charge in [-0.15, -0.1) is 0 Å². The van der Waals surface area contributed by atoms with E-state index in [2.05, 4.69) is 6.92 Å². The monoisotopic (exact) mass is 809 g/mol. The van der Waals surface area contributed by atoms with Gasteiger partial charge in [0.15, 0.2) is 0 Å². The van der Waals surface area contributed by atoms with Crippen LogP contribution in [0.5, 0.6) is 0 Å². The average molecular weight is 809 g/mol. The minimum absolute atomic E-state index is 0. The molecule has 0 amide bonds. The second kappa shape index (κ2) is 4.24. The topological polar surface area (TPSA) is 26.3 Å². The van der Waals surface area contributed by atoms with Crippen LogP contribution in [0.1, 0.15) is 59.8 Å². The Bertz CT molecular complexity index is 458. The minimum Gasteiger partial charge on any atom is -0.462 e. The van der Waals surface area contributed by atoms with Crippen molar-refractivity contribution in [2.24, 2.45) is 35.0 Å². The van der Waals surface area contributed by atoms with Gasteiger partial charge in [-0.3, -0.25) is 10.7 Å². The van der Waals surface area contributed by atoms with Gasteiger partial charge in [0.25, 0.3) is 5.97 Å². The van der Waals surface area contributed by atoms with Gasteiger partial charge < -0.3 is 4.74 Å². The maximum Gasteiger partial charge on any atom is 0.279 e. The summed E-state index contributed by atoms with van der Waals surface area (Å²) in [5.74, 6) is 5.27. The third-order valence-corrected chi connectivity index (χ3v) is 6.57. The Balaban J connectivity index is 0.000000882. The average Bonchev–Trinajstić information content (AvgIpc) is 3.00. The van der Waals surface area contributed by atoms with Crippen LogP contribution >= 0.6 is 0 Å². The van der Waals surface area contributed by atoms with Crippen molar-refractivity contribution in [1.29, 1.82) is 0 Å². The first-order valence-corrected chi connectivity index (χ1v) is 8.37. The first-order chi connectivity index (χ1) is 9.28.